The monoisotopic (exact) mass is 385 g/mol. The van der Waals surface area contributed by atoms with Crippen molar-refractivity contribution in [1.29, 1.82) is 0 Å². The van der Waals surface area contributed by atoms with Crippen LogP contribution < -0.4 is 0 Å². The SMILES string of the molecule is CC(=O)N1N=C(c2cc(C3CC3)nc3ccccc23)O[C@]1(C)c1ccc(C)cc1. The van der Waals surface area contributed by atoms with Gasteiger partial charge in [0.1, 0.15) is 0 Å². The third kappa shape index (κ3) is 2.97. The minimum Gasteiger partial charge on any atom is -0.443 e. The lowest BCUT2D eigenvalue weighted by molar-refractivity contribution is -0.146. The number of hydrogen-bond acceptors (Lipinski definition) is 4. The fourth-order valence-electron chi connectivity index (χ4n) is 3.92. The molecule has 0 unspecified atom stereocenters. The highest BCUT2D eigenvalue weighted by Crippen LogP contribution is 2.42. The Morgan fingerprint density at radius 1 is 1.14 bits per heavy atom. The van der Waals surface area contributed by atoms with Crippen LogP contribution in [0.25, 0.3) is 10.9 Å². The molecule has 1 aliphatic heterocycles. The van der Waals surface area contributed by atoms with Crippen LogP contribution in [0.5, 0.6) is 0 Å². The molecule has 29 heavy (non-hydrogen) atoms. The van der Waals surface area contributed by atoms with E-state index < -0.39 is 5.72 Å². The number of hydrazone groups is 1. The predicted molar refractivity (Wildman–Crippen MR) is 112 cm³/mol. The van der Waals surface area contributed by atoms with Crippen molar-refractivity contribution in [2.75, 3.05) is 0 Å². The number of benzene rings is 2. The summed E-state index contributed by atoms with van der Waals surface area (Å²) < 4.78 is 6.43. The van der Waals surface area contributed by atoms with E-state index in [1.54, 1.807) is 0 Å². The number of amides is 1. The van der Waals surface area contributed by atoms with Gasteiger partial charge in [0.15, 0.2) is 0 Å². The predicted octanol–water partition coefficient (Wildman–Crippen LogP) is 4.83. The lowest BCUT2D eigenvalue weighted by Crippen LogP contribution is -2.41. The average molecular weight is 385 g/mol. The number of nitrogens with zero attached hydrogens (tertiary/aromatic N) is 3. The smallest absolute Gasteiger partial charge is 0.243 e. The first-order valence-electron chi connectivity index (χ1n) is 10.0. The Kier molecular flexibility index (Phi) is 3.95. The maximum Gasteiger partial charge on any atom is 0.243 e. The largest absolute Gasteiger partial charge is 0.443 e. The fourth-order valence-corrected chi connectivity index (χ4v) is 3.92. The van der Waals surface area contributed by atoms with Crippen molar-refractivity contribution in [2.45, 2.75) is 45.3 Å². The Morgan fingerprint density at radius 3 is 2.55 bits per heavy atom. The molecule has 0 N–H and O–H groups in total. The Hall–Kier alpha value is -3.21. The summed E-state index contributed by atoms with van der Waals surface area (Å²) in [4.78, 5) is 17.3. The van der Waals surface area contributed by atoms with Gasteiger partial charge in [-0.2, -0.15) is 5.01 Å². The van der Waals surface area contributed by atoms with Crippen molar-refractivity contribution in [3.8, 4) is 0 Å². The molecule has 0 radical (unpaired) electrons. The second-order valence-corrected chi connectivity index (χ2v) is 8.07. The maximum atomic E-state index is 12.5. The molecule has 1 saturated carbocycles. The summed E-state index contributed by atoms with van der Waals surface area (Å²) in [6.45, 7) is 5.44. The van der Waals surface area contributed by atoms with Crippen LogP contribution in [0, 0.1) is 6.92 Å². The van der Waals surface area contributed by atoms with Crippen LogP contribution in [-0.2, 0) is 15.3 Å². The van der Waals surface area contributed by atoms with Crippen LogP contribution in [0.3, 0.4) is 0 Å². The van der Waals surface area contributed by atoms with Crippen molar-refractivity contribution < 1.29 is 9.53 Å². The van der Waals surface area contributed by atoms with Gasteiger partial charge in [-0.3, -0.25) is 9.78 Å². The number of hydrogen-bond donors (Lipinski definition) is 0. The van der Waals surface area contributed by atoms with E-state index in [2.05, 4.69) is 11.2 Å². The molecule has 0 saturated heterocycles. The number of carbonyl (C=O) groups excluding carboxylic acids is 1. The van der Waals surface area contributed by atoms with E-state index in [0.29, 0.717) is 11.8 Å². The van der Waals surface area contributed by atoms with Crippen LogP contribution >= 0.6 is 0 Å². The minimum atomic E-state index is -0.987. The van der Waals surface area contributed by atoms with Gasteiger partial charge in [0, 0.05) is 42.0 Å². The molecule has 1 atom stereocenters. The van der Waals surface area contributed by atoms with Crippen LogP contribution in [0.2, 0.25) is 0 Å². The highest BCUT2D eigenvalue weighted by Gasteiger charge is 2.45. The van der Waals surface area contributed by atoms with Gasteiger partial charge in [0.2, 0.25) is 17.5 Å². The molecule has 2 aromatic carbocycles. The summed E-state index contributed by atoms with van der Waals surface area (Å²) >= 11 is 0. The molecular formula is C24H23N3O2. The maximum absolute atomic E-state index is 12.5. The number of ether oxygens (including phenoxy) is 1. The van der Waals surface area contributed by atoms with Crippen molar-refractivity contribution in [2.24, 2.45) is 5.10 Å². The molecule has 1 aliphatic carbocycles. The van der Waals surface area contributed by atoms with E-state index in [1.165, 1.54) is 24.8 Å². The standard InChI is InChI=1S/C24H23N3O2/c1-15-8-12-18(13-9-15)24(3)27(16(2)28)26-23(29-24)20-14-22(17-10-11-17)25-21-7-5-4-6-19(20)21/h4-9,12-14,17H,10-11H2,1-3H3/t24-/m1/s1. The quantitative estimate of drug-likeness (QED) is 0.649. The number of para-hydroxylation sites is 1. The van der Waals surface area contributed by atoms with Crippen molar-refractivity contribution in [3.05, 3.63) is 77.0 Å². The molecule has 1 fully saturated rings. The first-order valence-corrected chi connectivity index (χ1v) is 10.0. The highest BCUT2D eigenvalue weighted by molar-refractivity contribution is 6.07. The summed E-state index contributed by atoms with van der Waals surface area (Å²) in [7, 11) is 0. The fraction of sp³-hybridized carbons (Fsp3) is 0.292. The van der Waals surface area contributed by atoms with Gasteiger partial charge in [-0.15, -0.1) is 5.10 Å². The zero-order chi connectivity index (χ0) is 20.2. The number of rotatable bonds is 3. The molecule has 5 heteroatoms. The number of carbonyl (C=O) groups is 1. The summed E-state index contributed by atoms with van der Waals surface area (Å²) in [6, 6.07) is 18.1. The summed E-state index contributed by atoms with van der Waals surface area (Å²) in [5.74, 6) is 0.806. The molecule has 146 valence electrons. The molecule has 2 heterocycles. The van der Waals surface area contributed by atoms with Crippen molar-refractivity contribution in [1.82, 2.24) is 9.99 Å². The first-order chi connectivity index (χ1) is 14.0. The number of aromatic nitrogens is 1. The van der Waals surface area contributed by atoms with E-state index in [0.717, 1.165) is 33.3 Å². The second-order valence-electron chi connectivity index (χ2n) is 8.07. The lowest BCUT2D eigenvalue weighted by atomic mass is 10.0. The first kappa shape index (κ1) is 17.9. The molecule has 0 spiro atoms. The average Bonchev–Trinajstić information content (AvgIpc) is 3.50. The third-order valence-electron chi connectivity index (χ3n) is 5.74. The molecule has 5 nitrogen and oxygen atoms in total. The summed E-state index contributed by atoms with van der Waals surface area (Å²) in [5, 5.41) is 7.05. The van der Waals surface area contributed by atoms with Gasteiger partial charge in [-0.1, -0.05) is 48.0 Å². The number of aryl methyl sites for hydroxylation is 1. The zero-order valence-corrected chi connectivity index (χ0v) is 16.8. The van der Waals surface area contributed by atoms with Crippen molar-refractivity contribution in [3.63, 3.8) is 0 Å². The van der Waals surface area contributed by atoms with Gasteiger partial charge >= 0.3 is 0 Å². The van der Waals surface area contributed by atoms with Crippen LogP contribution in [0.1, 0.15) is 55.0 Å². The van der Waals surface area contributed by atoms with Gasteiger partial charge in [-0.25, -0.2) is 0 Å². The number of pyridine rings is 1. The molecule has 2 aliphatic rings. The molecule has 3 aromatic rings. The topological polar surface area (TPSA) is 54.8 Å². The minimum absolute atomic E-state index is 0.163. The van der Waals surface area contributed by atoms with Gasteiger partial charge in [-0.05, 0) is 31.9 Å². The van der Waals surface area contributed by atoms with Gasteiger partial charge < -0.3 is 4.74 Å². The van der Waals surface area contributed by atoms with E-state index >= 15 is 0 Å². The number of fused-ring (bicyclic) bond motifs is 1. The highest BCUT2D eigenvalue weighted by atomic mass is 16.6. The van der Waals surface area contributed by atoms with Crippen LogP contribution in [0.15, 0.2) is 59.7 Å². The molecule has 0 bridgehead atoms. The molecule has 1 amide bonds. The molecule has 1 aromatic heterocycles. The summed E-state index contributed by atoms with van der Waals surface area (Å²) in [6.07, 6.45) is 2.33. The normalized spacial score (nSPS) is 21.2. The van der Waals surface area contributed by atoms with Gasteiger partial charge in [0.25, 0.3) is 0 Å². The Balaban J connectivity index is 1.64. The van der Waals surface area contributed by atoms with Gasteiger partial charge in [0.05, 0.1) is 5.52 Å². The van der Waals surface area contributed by atoms with E-state index in [9.17, 15) is 4.79 Å². The zero-order valence-electron chi connectivity index (χ0n) is 16.8. The molecule has 5 rings (SSSR count). The Morgan fingerprint density at radius 2 is 1.86 bits per heavy atom. The summed E-state index contributed by atoms with van der Waals surface area (Å²) in [5.41, 5.74) is 3.94. The third-order valence-corrected chi connectivity index (χ3v) is 5.74. The molecular weight excluding hydrogens is 362 g/mol. The Labute approximate surface area is 170 Å². The Bertz CT molecular complexity index is 1150. The second kappa shape index (κ2) is 6.41. The van der Waals surface area contributed by atoms with E-state index in [-0.39, 0.29) is 5.91 Å². The lowest BCUT2D eigenvalue weighted by Gasteiger charge is -2.31. The van der Waals surface area contributed by atoms with Crippen LogP contribution in [0.4, 0.5) is 0 Å². The van der Waals surface area contributed by atoms with Crippen LogP contribution in [-0.4, -0.2) is 21.8 Å². The van der Waals surface area contributed by atoms with E-state index in [4.69, 9.17) is 9.72 Å². The van der Waals surface area contributed by atoms with Crippen molar-refractivity contribution >= 4 is 22.7 Å². The van der Waals surface area contributed by atoms with E-state index in [1.807, 2.05) is 62.4 Å².